The van der Waals surface area contributed by atoms with Crippen molar-refractivity contribution in [2.24, 2.45) is 5.10 Å². The van der Waals surface area contributed by atoms with E-state index in [9.17, 15) is 14.4 Å². The van der Waals surface area contributed by atoms with Crippen LogP contribution in [0.4, 0.5) is 11.4 Å². The Morgan fingerprint density at radius 2 is 1.79 bits per heavy atom. The Morgan fingerprint density at radius 3 is 2.39 bits per heavy atom. The van der Waals surface area contributed by atoms with Gasteiger partial charge in [0, 0.05) is 10.7 Å². The number of carbonyl (C=O) groups excluding carboxylic acids is 3. The fraction of sp³-hybridized carbons (Fsp3) is 0.200. The average molecular weight is 400 g/mol. The maximum absolute atomic E-state index is 12.8. The summed E-state index contributed by atoms with van der Waals surface area (Å²) >= 11 is 5.92. The van der Waals surface area contributed by atoms with Crippen LogP contribution in [0, 0.1) is 0 Å². The third-order valence-corrected chi connectivity index (χ3v) is 4.60. The SMILES string of the molecule is CCOC(=O)C1(C)/C(=N/Nc2ccccc2)C(=O)C(=O)N1c1ccc(Cl)cc1. The predicted octanol–water partition coefficient (Wildman–Crippen LogP) is 3.05. The maximum Gasteiger partial charge on any atom is 0.338 e. The maximum atomic E-state index is 12.8. The van der Waals surface area contributed by atoms with E-state index in [1.807, 2.05) is 6.07 Å². The molecule has 1 aliphatic heterocycles. The largest absolute Gasteiger partial charge is 0.464 e. The molecule has 1 N–H and O–H groups in total. The second-order valence-corrected chi connectivity index (χ2v) is 6.61. The highest BCUT2D eigenvalue weighted by Gasteiger charge is 2.60. The van der Waals surface area contributed by atoms with Crippen molar-refractivity contribution in [3.05, 3.63) is 59.6 Å². The van der Waals surface area contributed by atoms with Crippen molar-refractivity contribution in [3.63, 3.8) is 0 Å². The third-order valence-electron chi connectivity index (χ3n) is 4.35. The molecule has 0 bridgehead atoms. The number of ketones is 1. The van der Waals surface area contributed by atoms with Gasteiger partial charge >= 0.3 is 11.9 Å². The van der Waals surface area contributed by atoms with Gasteiger partial charge in [0.1, 0.15) is 0 Å². The van der Waals surface area contributed by atoms with E-state index in [1.54, 1.807) is 55.5 Å². The average Bonchev–Trinajstić information content (AvgIpc) is 2.89. The molecule has 2 aromatic carbocycles. The fourth-order valence-corrected chi connectivity index (χ4v) is 3.08. The lowest BCUT2D eigenvalue weighted by atomic mass is 9.95. The zero-order chi connectivity index (χ0) is 20.3. The molecule has 3 rings (SSSR count). The first kappa shape index (κ1) is 19.6. The summed E-state index contributed by atoms with van der Waals surface area (Å²) in [6.45, 7) is 3.17. The molecule has 144 valence electrons. The molecule has 28 heavy (non-hydrogen) atoms. The number of para-hydroxylation sites is 1. The van der Waals surface area contributed by atoms with Crippen LogP contribution in [0.1, 0.15) is 13.8 Å². The Hall–Kier alpha value is -3.19. The van der Waals surface area contributed by atoms with Crippen LogP contribution >= 0.6 is 11.6 Å². The summed E-state index contributed by atoms with van der Waals surface area (Å²) in [5.74, 6) is -2.50. The van der Waals surface area contributed by atoms with Gasteiger partial charge in [-0.2, -0.15) is 5.10 Å². The van der Waals surface area contributed by atoms with E-state index in [4.69, 9.17) is 16.3 Å². The van der Waals surface area contributed by atoms with E-state index >= 15 is 0 Å². The number of anilines is 2. The highest BCUT2D eigenvalue weighted by atomic mass is 35.5. The van der Waals surface area contributed by atoms with E-state index in [2.05, 4.69) is 10.5 Å². The molecular weight excluding hydrogens is 382 g/mol. The van der Waals surface area contributed by atoms with Crippen LogP contribution in [0.3, 0.4) is 0 Å². The lowest BCUT2D eigenvalue weighted by molar-refractivity contribution is -0.147. The summed E-state index contributed by atoms with van der Waals surface area (Å²) in [7, 11) is 0. The summed E-state index contributed by atoms with van der Waals surface area (Å²) in [5, 5.41) is 4.56. The number of hydrogen-bond donors (Lipinski definition) is 1. The van der Waals surface area contributed by atoms with E-state index in [0.717, 1.165) is 4.90 Å². The normalized spacial score (nSPS) is 20.5. The molecule has 8 heteroatoms. The van der Waals surface area contributed by atoms with Crippen molar-refractivity contribution >= 4 is 46.3 Å². The Bertz CT molecular complexity index is 944. The highest BCUT2D eigenvalue weighted by molar-refractivity contribution is 6.75. The minimum Gasteiger partial charge on any atom is -0.464 e. The molecule has 0 aromatic heterocycles. The number of esters is 1. The van der Waals surface area contributed by atoms with Gasteiger partial charge in [-0.15, -0.1) is 0 Å². The Balaban J connectivity index is 2.09. The van der Waals surface area contributed by atoms with Crippen LogP contribution < -0.4 is 10.3 Å². The van der Waals surface area contributed by atoms with Crippen molar-refractivity contribution in [2.45, 2.75) is 19.4 Å². The fourth-order valence-electron chi connectivity index (χ4n) is 2.95. The predicted molar refractivity (Wildman–Crippen MR) is 106 cm³/mol. The van der Waals surface area contributed by atoms with Crippen LogP contribution in [0.5, 0.6) is 0 Å². The molecule has 0 spiro atoms. The van der Waals surface area contributed by atoms with Gasteiger partial charge in [0.05, 0.1) is 12.3 Å². The van der Waals surface area contributed by atoms with Gasteiger partial charge in [-0.25, -0.2) is 4.79 Å². The van der Waals surface area contributed by atoms with Gasteiger partial charge in [-0.1, -0.05) is 29.8 Å². The lowest BCUT2D eigenvalue weighted by Crippen LogP contribution is -2.55. The van der Waals surface area contributed by atoms with Crippen molar-refractivity contribution in [1.29, 1.82) is 0 Å². The van der Waals surface area contributed by atoms with E-state index in [-0.39, 0.29) is 12.3 Å². The molecule has 1 heterocycles. The molecule has 1 unspecified atom stereocenters. The quantitative estimate of drug-likeness (QED) is 0.474. The number of nitrogens with one attached hydrogen (secondary N) is 1. The van der Waals surface area contributed by atoms with Gasteiger partial charge in [0.15, 0.2) is 11.3 Å². The van der Waals surface area contributed by atoms with Gasteiger partial charge in [0.2, 0.25) is 0 Å². The molecule has 1 amide bonds. The number of halogens is 1. The van der Waals surface area contributed by atoms with Gasteiger partial charge in [-0.05, 0) is 50.2 Å². The smallest absolute Gasteiger partial charge is 0.338 e. The van der Waals surface area contributed by atoms with Crippen molar-refractivity contribution in [3.8, 4) is 0 Å². The Kier molecular flexibility index (Phi) is 5.46. The number of hydrogen-bond acceptors (Lipinski definition) is 6. The third kappa shape index (κ3) is 3.36. The molecule has 1 saturated heterocycles. The van der Waals surface area contributed by atoms with E-state index in [1.165, 1.54) is 6.92 Å². The topological polar surface area (TPSA) is 88.1 Å². The van der Waals surface area contributed by atoms with Gasteiger partial charge in [-0.3, -0.25) is 19.9 Å². The second-order valence-electron chi connectivity index (χ2n) is 6.18. The van der Waals surface area contributed by atoms with Crippen LogP contribution in [-0.2, 0) is 19.1 Å². The minimum atomic E-state index is -1.72. The number of hydrazone groups is 1. The lowest BCUT2D eigenvalue weighted by Gasteiger charge is -2.31. The molecule has 1 atom stereocenters. The van der Waals surface area contributed by atoms with Gasteiger partial charge in [0.25, 0.3) is 5.78 Å². The van der Waals surface area contributed by atoms with E-state index < -0.39 is 23.2 Å². The number of amides is 1. The second kappa shape index (κ2) is 7.82. The first-order chi connectivity index (χ1) is 13.4. The molecule has 0 saturated carbocycles. The molecular formula is C20H18ClN3O4. The molecule has 2 aromatic rings. The van der Waals surface area contributed by atoms with Crippen LogP contribution in [0.15, 0.2) is 59.7 Å². The van der Waals surface area contributed by atoms with Crippen molar-refractivity contribution in [1.82, 2.24) is 0 Å². The molecule has 7 nitrogen and oxygen atoms in total. The number of carbonyl (C=O) groups is 3. The van der Waals surface area contributed by atoms with Crippen LogP contribution in [0.2, 0.25) is 5.02 Å². The summed E-state index contributed by atoms with van der Waals surface area (Å²) in [6, 6.07) is 15.1. The number of nitrogens with zero attached hydrogens (tertiary/aromatic N) is 2. The summed E-state index contributed by atoms with van der Waals surface area (Å²) in [6.07, 6.45) is 0. The number of ether oxygens (including phenoxy) is 1. The first-order valence-electron chi connectivity index (χ1n) is 8.60. The Labute approximate surface area is 166 Å². The van der Waals surface area contributed by atoms with Crippen molar-refractivity contribution < 1.29 is 19.1 Å². The number of rotatable bonds is 5. The summed E-state index contributed by atoms with van der Waals surface area (Å²) in [4.78, 5) is 39.4. The summed E-state index contributed by atoms with van der Waals surface area (Å²) in [5.41, 5.74) is 1.71. The van der Waals surface area contributed by atoms with E-state index in [0.29, 0.717) is 16.4 Å². The minimum absolute atomic E-state index is 0.0880. The monoisotopic (exact) mass is 399 g/mol. The van der Waals surface area contributed by atoms with Crippen molar-refractivity contribution in [2.75, 3.05) is 16.9 Å². The first-order valence-corrected chi connectivity index (χ1v) is 8.98. The molecule has 0 radical (unpaired) electrons. The molecule has 1 aliphatic rings. The standard InChI is InChI=1S/C20H18ClN3O4/c1-3-28-19(27)20(2)17(23-22-14-7-5-4-6-8-14)16(25)18(26)24(20)15-11-9-13(21)10-12-15/h4-12,22H,3H2,1-2H3/b23-17+. The molecule has 0 aliphatic carbocycles. The number of Topliss-reactive ketones (excluding diaryl/α,β-unsaturated/α-hetero) is 1. The van der Waals surface area contributed by atoms with Crippen LogP contribution in [-0.4, -0.2) is 35.5 Å². The van der Waals surface area contributed by atoms with Crippen LogP contribution in [0.25, 0.3) is 0 Å². The zero-order valence-corrected chi connectivity index (χ0v) is 16.1. The Morgan fingerprint density at radius 1 is 1.14 bits per heavy atom. The molecule has 1 fully saturated rings. The zero-order valence-electron chi connectivity index (χ0n) is 15.3. The highest BCUT2D eigenvalue weighted by Crippen LogP contribution is 2.34. The number of benzene rings is 2. The summed E-state index contributed by atoms with van der Waals surface area (Å²) < 4.78 is 5.16. The van der Waals surface area contributed by atoms with Gasteiger partial charge < -0.3 is 4.74 Å².